The molecule has 0 amide bonds. The van der Waals surface area contributed by atoms with Gasteiger partial charge in [0, 0.05) is 6.07 Å². The third-order valence-electron chi connectivity index (χ3n) is 2.91. The first-order chi connectivity index (χ1) is 8.55. The van der Waals surface area contributed by atoms with Crippen molar-refractivity contribution in [1.29, 1.82) is 0 Å². The summed E-state index contributed by atoms with van der Waals surface area (Å²) in [7, 11) is 6.54. The van der Waals surface area contributed by atoms with Gasteiger partial charge >= 0.3 is 0 Å². The molecule has 2 aromatic rings. The van der Waals surface area contributed by atoms with Crippen LogP contribution >= 0.6 is 0 Å². The third kappa shape index (κ3) is 3.31. The van der Waals surface area contributed by atoms with Gasteiger partial charge in [0.1, 0.15) is 5.69 Å². The Morgan fingerprint density at radius 1 is 0.722 bits per heavy atom. The SMILES string of the molecule is C[N+](C)(C)c1cccc(C=Cc2ccccc2)c1. The monoisotopic (exact) mass is 238 g/mol. The summed E-state index contributed by atoms with van der Waals surface area (Å²) in [5.41, 5.74) is 3.78. The number of hydrogen-bond donors (Lipinski definition) is 0. The predicted molar refractivity (Wildman–Crippen MR) is 81.4 cm³/mol. The van der Waals surface area contributed by atoms with Crippen molar-refractivity contribution in [2.75, 3.05) is 21.1 Å². The zero-order valence-electron chi connectivity index (χ0n) is 11.3. The lowest BCUT2D eigenvalue weighted by Gasteiger charge is -2.23. The molecule has 0 aromatic heterocycles. The molecular formula is C17H20N+. The molecule has 0 bridgehead atoms. The Morgan fingerprint density at radius 3 is 2.00 bits per heavy atom. The fraction of sp³-hybridized carbons (Fsp3) is 0.176. The maximum Gasteiger partial charge on any atom is 0.132 e. The minimum absolute atomic E-state index is 0.840. The van der Waals surface area contributed by atoms with Crippen molar-refractivity contribution in [3.8, 4) is 0 Å². The zero-order chi connectivity index (χ0) is 13.0. The summed E-state index contributed by atoms with van der Waals surface area (Å²) in [6.07, 6.45) is 4.31. The fourth-order valence-electron chi connectivity index (χ4n) is 1.80. The van der Waals surface area contributed by atoms with Gasteiger partial charge in [0.25, 0.3) is 0 Å². The molecular weight excluding hydrogens is 218 g/mol. The van der Waals surface area contributed by atoms with E-state index >= 15 is 0 Å². The molecule has 0 atom stereocenters. The van der Waals surface area contributed by atoms with Gasteiger partial charge in [-0.2, -0.15) is 0 Å². The molecule has 2 rings (SSSR count). The van der Waals surface area contributed by atoms with Crippen molar-refractivity contribution in [3.05, 3.63) is 65.7 Å². The van der Waals surface area contributed by atoms with E-state index in [1.165, 1.54) is 16.8 Å². The van der Waals surface area contributed by atoms with E-state index in [-0.39, 0.29) is 0 Å². The molecule has 0 aliphatic heterocycles. The summed E-state index contributed by atoms with van der Waals surface area (Å²) in [6, 6.07) is 19.0. The Morgan fingerprint density at radius 2 is 1.33 bits per heavy atom. The van der Waals surface area contributed by atoms with E-state index in [0.29, 0.717) is 0 Å². The summed E-state index contributed by atoms with van der Waals surface area (Å²) in [4.78, 5) is 0. The van der Waals surface area contributed by atoms with E-state index in [0.717, 1.165) is 4.48 Å². The second-order valence-corrected chi connectivity index (χ2v) is 5.35. The standard InChI is InChI=1S/C17H20N/c1-18(2,3)17-11-7-10-16(14-17)13-12-15-8-5-4-6-9-15/h4-14H,1-3H3/q+1. The maximum absolute atomic E-state index is 2.24. The first kappa shape index (κ1) is 12.6. The lowest BCUT2D eigenvalue weighted by atomic mass is 10.1. The third-order valence-corrected chi connectivity index (χ3v) is 2.91. The van der Waals surface area contributed by atoms with Crippen LogP contribution in [0.3, 0.4) is 0 Å². The van der Waals surface area contributed by atoms with Gasteiger partial charge in [0.2, 0.25) is 0 Å². The maximum atomic E-state index is 2.24. The van der Waals surface area contributed by atoms with Crippen LogP contribution in [0.4, 0.5) is 5.69 Å². The molecule has 0 saturated heterocycles. The number of quaternary nitrogens is 1. The molecule has 0 heterocycles. The normalized spacial score (nSPS) is 11.9. The van der Waals surface area contributed by atoms with E-state index in [1.54, 1.807) is 0 Å². The molecule has 0 aliphatic carbocycles. The molecule has 0 spiro atoms. The molecule has 2 aromatic carbocycles. The highest BCUT2D eigenvalue weighted by molar-refractivity contribution is 5.71. The molecule has 18 heavy (non-hydrogen) atoms. The predicted octanol–water partition coefficient (Wildman–Crippen LogP) is 4.05. The molecule has 1 nitrogen and oxygen atoms in total. The van der Waals surface area contributed by atoms with Crippen LogP contribution in [-0.2, 0) is 0 Å². The van der Waals surface area contributed by atoms with Gasteiger partial charge in [-0.05, 0) is 17.2 Å². The Bertz CT molecular complexity index is 533. The van der Waals surface area contributed by atoms with Crippen molar-refractivity contribution in [3.63, 3.8) is 0 Å². The van der Waals surface area contributed by atoms with E-state index in [9.17, 15) is 0 Å². The summed E-state index contributed by atoms with van der Waals surface area (Å²) in [5.74, 6) is 0. The number of hydrogen-bond acceptors (Lipinski definition) is 0. The average molecular weight is 238 g/mol. The van der Waals surface area contributed by atoms with Crippen LogP contribution in [0.1, 0.15) is 11.1 Å². The largest absolute Gasteiger partial charge is 0.298 e. The van der Waals surface area contributed by atoms with Crippen LogP contribution in [-0.4, -0.2) is 21.1 Å². The summed E-state index contributed by atoms with van der Waals surface area (Å²) < 4.78 is 0.840. The molecule has 0 fully saturated rings. The second kappa shape index (κ2) is 5.19. The van der Waals surface area contributed by atoms with Crippen LogP contribution in [0.5, 0.6) is 0 Å². The van der Waals surface area contributed by atoms with Gasteiger partial charge < -0.3 is 0 Å². The van der Waals surface area contributed by atoms with Gasteiger partial charge in [-0.15, -0.1) is 0 Å². The highest BCUT2D eigenvalue weighted by Gasteiger charge is 2.10. The quantitative estimate of drug-likeness (QED) is 0.559. The van der Waals surface area contributed by atoms with E-state index in [1.807, 2.05) is 6.07 Å². The van der Waals surface area contributed by atoms with Gasteiger partial charge in [-0.3, -0.25) is 4.48 Å². The molecule has 0 aliphatic rings. The van der Waals surface area contributed by atoms with Crippen molar-refractivity contribution < 1.29 is 0 Å². The topological polar surface area (TPSA) is 0 Å². The highest BCUT2D eigenvalue weighted by atomic mass is 15.3. The first-order valence-electron chi connectivity index (χ1n) is 6.21. The van der Waals surface area contributed by atoms with E-state index in [2.05, 4.69) is 81.8 Å². The minimum atomic E-state index is 0.840. The van der Waals surface area contributed by atoms with Crippen molar-refractivity contribution >= 4 is 17.8 Å². The highest BCUT2D eigenvalue weighted by Crippen LogP contribution is 2.19. The fourth-order valence-corrected chi connectivity index (χ4v) is 1.80. The molecule has 0 saturated carbocycles. The summed E-state index contributed by atoms with van der Waals surface area (Å²) in [5, 5.41) is 0. The van der Waals surface area contributed by atoms with Crippen LogP contribution in [0.15, 0.2) is 54.6 Å². The zero-order valence-corrected chi connectivity index (χ0v) is 11.3. The lowest BCUT2D eigenvalue weighted by molar-refractivity contribution is 0.486. The Labute approximate surface area is 110 Å². The van der Waals surface area contributed by atoms with Gasteiger partial charge in [0.05, 0.1) is 21.1 Å². The molecule has 0 unspecified atom stereocenters. The van der Waals surface area contributed by atoms with Crippen LogP contribution in [0.2, 0.25) is 0 Å². The average Bonchev–Trinajstić information content (AvgIpc) is 2.37. The molecule has 1 heteroatoms. The van der Waals surface area contributed by atoms with Gasteiger partial charge in [-0.25, -0.2) is 0 Å². The van der Waals surface area contributed by atoms with E-state index in [4.69, 9.17) is 0 Å². The van der Waals surface area contributed by atoms with Crippen molar-refractivity contribution in [1.82, 2.24) is 4.48 Å². The molecule has 0 N–H and O–H groups in total. The minimum Gasteiger partial charge on any atom is -0.298 e. The van der Waals surface area contributed by atoms with Crippen LogP contribution in [0, 0.1) is 0 Å². The van der Waals surface area contributed by atoms with Crippen molar-refractivity contribution in [2.45, 2.75) is 0 Å². The number of nitrogens with zero attached hydrogens (tertiary/aromatic N) is 1. The van der Waals surface area contributed by atoms with Crippen molar-refractivity contribution in [2.24, 2.45) is 0 Å². The summed E-state index contributed by atoms with van der Waals surface area (Å²) >= 11 is 0. The van der Waals surface area contributed by atoms with Crippen LogP contribution in [0.25, 0.3) is 12.2 Å². The molecule has 92 valence electrons. The van der Waals surface area contributed by atoms with Gasteiger partial charge in [-0.1, -0.05) is 54.6 Å². The van der Waals surface area contributed by atoms with Crippen LogP contribution < -0.4 is 4.48 Å². The Kier molecular flexibility index (Phi) is 3.63. The summed E-state index contributed by atoms with van der Waals surface area (Å²) in [6.45, 7) is 0. The smallest absolute Gasteiger partial charge is 0.132 e. The molecule has 0 radical (unpaired) electrons. The lowest BCUT2D eigenvalue weighted by Crippen LogP contribution is -2.34. The number of rotatable bonds is 3. The van der Waals surface area contributed by atoms with E-state index < -0.39 is 0 Å². The Balaban J connectivity index is 2.23. The number of benzene rings is 2. The Hall–Kier alpha value is -1.86. The second-order valence-electron chi connectivity index (χ2n) is 5.35. The van der Waals surface area contributed by atoms with Gasteiger partial charge in [0.15, 0.2) is 0 Å². The first-order valence-corrected chi connectivity index (χ1v) is 6.21.